The van der Waals surface area contributed by atoms with Gasteiger partial charge in [0.1, 0.15) is 11.4 Å². The van der Waals surface area contributed by atoms with Gasteiger partial charge in [-0.1, -0.05) is 18.2 Å². The number of hydrogen-bond acceptors (Lipinski definition) is 4. The molecule has 3 aromatic rings. The van der Waals surface area contributed by atoms with E-state index in [9.17, 15) is 9.90 Å². The molecule has 0 aliphatic carbocycles. The molecule has 1 aromatic heterocycles. The Morgan fingerprint density at radius 1 is 1.14 bits per heavy atom. The van der Waals surface area contributed by atoms with Crippen molar-refractivity contribution in [3.05, 3.63) is 59.9 Å². The van der Waals surface area contributed by atoms with Gasteiger partial charge in [0.05, 0.1) is 22.9 Å². The standard InChI is InChI=1S/C16H13N3O2/c1-10-6-7-13(15(20)8-10)19-16(21)14-9-17-11-4-2-3-5-12(11)18-14/h2-9,20H,1H3,(H,19,21). The zero-order valence-corrected chi connectivity index (χ0v) is 11.4. The van der Waals surface area contributed by atoms with Gasteiger partial charge in [-0.3, -0.25) is 9.78 Å². The van der Waals surface area contributed by atoms with Crippen LogP contribution in [0.4, 0.5) is 5.69 Å². The molecular weight excluding hydrogens is 266 g/mol. The molecule has 1 amide bonds. The van der Waals surface area contributed by atoms with Gasteiger partial charge in [-0.05, 0) is 36.8 Å². The maximum atomic E-state index is 12.2. The molecule has 21 heavy (non-hydrogen) atoms. The Morgan fingerprint density at radius 3 is 2.67 bits per heavy atom. The van der Waals surface area contributed by atoms with Crippen LogP contribution < -0.4 is 5.32 Å². The first-order valence-electron chi connectivity index (χ1n) is 6.46. The molecular formula is C16H13N3O2. The number of phenolic OH excluding ortho intramolecular Hbond substituents is 1. The van der Waals surface area contributed by atoms with Gasteiger partial charge in [-0.15, -0.1) is 0 Å². The number of para-hydroxylation sites is 2. The lowest BCUT2D eigenvalue weighted by Gasteiger charge is -2.07. The van der Waals surface area contributed by atoms with Crippen LogP contribution in [0.2, 0.25) is 0 Å². The average molecular weight is 279 g/mol. The molecule has 3 rings (SSSR count). The number of fused-ring (bicyclic) bond motifs is 1. The lowest BCUT2D eigenvalue weighted by atomic mass is 10.2. The third-order valence-electron chi connectivity index (χ3n) is 3.08. The molecule has 0 atom stereocenters. The van der Waals surface area contributed by atoms with E-state index in [0.29, 0.717) is 11.2 Å². The van der Waals surface area contributed by atoms with Crippen LogP contribution in [-0.2, 0) is 0 Å². The first-order valence-corrected chi connectivity index (χ1v) is 6.46. The lowest BCUT2D eigenvalue weighted by molar-refractivity contribution is 0.102. The zero-order chi connectivity index (χ0) is 14.8. The predicted molar refractivity (Wildman–Crippen MR) is 80.3 cm³/mol. The minimum Gasteiger partial charge on any atom is -0.506 e. The number of aryl methyl sites for hydroxylation is 1. The van der Waals surface area contributed by atoms with Crippen molar-refractivity contribution in [2.75, 3.05) is 5.32 Å². The summed E-state index contributed by atoms with van der Waals surface area (Å²) < 4.78 is 0. The number of amides is 1. The van der Waals surface area contributed by atoms with Gasteiger partial charge in [0.2, 0.25) is 0 Å². The fourth-order valence-electron chi connectivity index (χ4n) is 2.00. The molecule has 0 bridgehead atoms. The number of hydrogen-bond donors (Lipinski definition) is 2. The van der Waals surface area contributed by atoms with Crippen LogP contribution in [0.1, 0.15) is 16.1 Å². The number of nitrogens with zero attached hydrogens (tertiary/aromatic N) is 2. The van der Waals surface area contributed by atoms with E-state index in [1.165, 1.54) is 6.20 Å². The van der Waals surface area contributed by atoms with E-state index in [0.717, 1.165) is 11.1 Å². The predicted octanol–water partition coefficient (Wildman–Crippen LogP) is 2.90. The van der Waals surface area contributed by atoms with Crippen LogP contribution in [0.25, 0.3) is 11.0 Å². The van der Waals surface area contributed by atoms with Crippen molar-refractivity contribution in [3.63, 3.8) is 0 Å². The lowest BCUT2D eigenvalue weighted by Crippen LogP contribution is -2.14. The Bertz CT molecular complexity index is 831. The van der Waals surface area contributed by atoms with Gasteiger partial charge < -0.3 is 10.4 Å². The normalized spacial score (nSPS) is 10.5. The summed E-state index contributed by atoms with van der Waals surface area (Å²) in [5, 5.41) is 12.4. The first kappa shape index (κ1) is 13.1. The smallest absolute Gasteiger partial charge is 0.275 e. The van der Waals surface area contributed by atoms with Gasteiger partial charge in [0.25, 0.3) is 5.91 Å². The molecule has 0 spiro atoms. The second kappa shape index (κ2) is 5.20. The summed E-state index contributed by atoms with van der Waals surface area (Å²) in [7, 11) is 0. The topological polar surface area (TPSA) is 75.1 Å². The monoisotopic (exact) mass is 279 g/mol. The van der Waals surface area contributed by atoms with E-state index in [4.69, 9.17) is 0 Å². The number of aromatic nitrogens is 2. The van der Waals surface area contributed by atoms with Crippen molar-refractivity contribution < 1.29 is 9.90 Å². The molecule has 0 saturated carbocycles. The number of phenols is 1. The fraction of sp³-hybridized carbons (Fsp3) is 0.0625. The highest BCUT2D eigenvalue weighted by Crippen LogP contribution is 2.24. The highest BCUT2D eigenvalue weighted by atomic mass is 16.3. The molecule has 0 fully saturated rings. The Labute approximate surface area is 121 Å². The summed E-state index contributed by atoms with van der Waals surface area (Å²) in [6.07, 6.45) is 1.42. The summed E-state index contributed by atoms with van der Waals surface area (Å²) >= 11 is 0. The number of nitrogens with one attached hydrogen (secondary N) is 1. The maximum Gasteiger partial charge on any atom is 0.275 e. The van der Waals surface area contributed by atoms with Crippen LogP contribution in [0.3, 0.4) is 0 Å². The molecule has 1 heterocycles. The van der Waals surface area contributed by atoms with Gasteiger partial charge in [0, 0.05) is 0 Å². The van der Waals surface area contributed by atoms with Crippen molar-refractivity contribution in [2.45, 2.75) is 6.92 Å². The zero-order valence-electron chi connectivity index (χ0n) is 11.4. The van der Waals surface area contributed by atoms with Gasteiger partial charge >= 0.3 is 0 Å². The quantitative estimate of drug-likeness (QED) is 0.707. The highest BCUT2D eigenvalue weighted by molar-refractivity contribution is 6.04. The number of rotatable bonds is 2. The number of benzene rings is 2. The summed E-state index contributed by atoms with van der Waals surface area (Å²) in [5.41, 5.74) is 2.84. The molecule has 0 aliphatic rings. The summed E-state index contributed by atoms with van der Waals surface area (Å²) in [4.78, 5) is 20.6. The third kappa shape index (κ3) is 2.67. The van der Waals surface area contributed by atoms with Gasteiger partial charge in [-0.25, -0.2) is 4.98 Å². The average Bonchev–Trinajstić information content (AvgIpc) is 2.49. The van der Waals surface area contributed by atoms with E-state index in [2.05, 4.69) is 15.3 Å². The second-order valence-corrected chi connectivity index (χ2v) is 4.72. The third-order valence-corrected chi connectivity index (χ3v) is 3.08. The van der Waals surface area contributed by atoms with Crippen LogP contribution in [0.5, 0.6) is 5.75 Å². The highest BCUT2D eigenvalue weighted by Gasteiger charge is 2.11. The van der Waals surface area contributed by atoms with Crippen molar-refractivity contribution in [3.8, 4) is 5.75 Å². The summed E-state index contributed by atoms with van der Waals surface area (Å²) in [6, 6.07) is 12.4. The summed E-state index contributed by atoms with van der Waals surface area (Å²) in [6.45, 7) is 1.86. The largest absolute Gasteiger partial charge is 0.506 e. The maximum absolute atomic E-state index is 12.2. The van der Waals surface area contributed by atoms with E-state index in [-0.39, 0.29) is 11.4 Å². The van der Waals surface area contributed by atoms with Crippen LogP contribution in [0.15, 0.2) is 48.7 Å². The molecule has 0 aliphatic heterocycles. The number of anilines is 1. The molecule has 0 unspecified atom stereocenters. The van der Waals surface area contributed by atoms with Crippen molar-refractivity contribution in [1.82, 2.24) is 9.97 Å². The van der Waals surface area contributed by atoms with Gasteiger partial charge in [0.15, 0.2) is 0 Å². The SMILES string of the molecule is Cc1ccc(NC(=O)c2cnc3ccccc3n2)c(O)c1. The molecule has 0 radical (unpaired) electrons. The molecule has 2 N–H and O–H groups in total. The van der Waals surface area contributed by atoms with E-state index in [1.54, 1.807) is 24.3 Å². The summed E-state index contributed by atoms with van der Waals surface area (Å²) in [5.74, 6) is -0.385. The minimum absolute atomic E-state index is 0.0251. The number of carbonyl (C=O) groups is 1. The van der Waals surface area contributed by atoms with Crippen LogP contribution >= 0.6 is 0 Å². The molecule has 104 valence electrons. The molecule has 5 heteroatoms. The van der Waals surface area contributed by atoms with E-state index < -0.39 is 5.91 Å². The Hall–Kier alpha value is -2.95. The first-order chi connectivity index (χ1) is 10.1. The van der Waals surface area contributed by atoms with Crippen LogP contribution in [-0.4, -0.2) is 21.0 Å². The minimum atomic E-state index is -0.410. The second-order valence-electron chi connectivity index (χ2n) is 4.72. The molecule has 5 nitrogen and oxygen atoms in total. The van der Waals surface area contributed by atoms with Crippen molar-refractivity contribution in [1.29, 1.82) is 0 Å². The van der Waals surface area contributed by atoms with Gasteiger partial charge in [-0.2, -0.15) is 0 Å². The Kier molecular flexibility index (Phi) is 3.23. The number of aromatic hydroxyl groups is 1. The molecule has 2 aromatic carbocycles. The van der Waals surface area contributed by atoms with Crippen LogP contribution in [0, 0.1) is 6.92 Å². The van der Waals surface area contributed by atoms with E-state index in [1.807, 2.05) is 25.1 Å². The fourth-order valence-corrected chi connectivity index (χ4v) is 2.00. The van der Waals surface area contributed by atoms with E-state index >= 15 is 0 Å². The number of carbonyl (C=O) groups excluding carboxylic acids is 1. The van der Waals surface area contributed by atoms with Crippen molar-refractivity contribution in [2.24, 2.45) is 0 Å². The Morgan fingerprint density at radius 2 is 1.90 bits per heavy atom. The van der Waals surface area contributed by atoms with Crippen molar-refractivity contribution >= 4 is 22.6 Å². The molecule has 0 saturated heterocycles. The Balaban J connectivity index is 1.89.